The van der Waals surface area contributed by atoms with Crippen LogP contribution in [0.4, 0.5) is 0 Å². The molecule has 0 aliphatic heterocycles. The van der Waals surface area contributed by atoms with E-state index in [4.69, 9.17) is 26.8 Å². The minimum Gasteiger partial charge on any atom is -0.480 e. The quantitative estimate of drug-likeness (QED) is 0.275. The molecule has 0 aliphatic rings. The lowest BCUT2D eigenvalue weighted by atomic mass is 10.1. The van der Waals surface area contributed by atoms with Crippen molar-refractivity contribution in [3.05, 3.63) is 0 Å². The molecular weight excluding hydrogens is 278 g/mol. The predicted molar refractivity (Wildman–Crippen MR) is 79.9 cm³/mol. The Morgan fingerprint density at radius 2 is 1.76 bits per heavy atom. The summed E-state index contributed by atoms with van der Waals surface area (Å²) in [5.41, 5.74) is 10.4. The van der Waals surface area contributed by atoms with Crippen LogP contribution in [0.25, 0.3) is 0 Å². The zero-order chi connectivity index (χ0) is 16.7. The average molecular weight is 307 g/mol. The number of rotatable bonds is 11. The van der Waals surface area contributed by atoms with Gasteiger partial charge in [0, 0.05) is 6.61 Å². The van der Waals surface area contributed by atoms with Crippen LogP contribution in [0.1, 0.15) is 39.0 Å². The zero-order valence-electron chi connectivity index (χ0n) is 12.6. The first-order valence-corrected chi connectivity index (χ1v) is 7.16. The summed E-state index contributed by atoms with van der Waals surface area (Å²) < 4.78 is 0. The fourth-order valence-electron chi connectivity index (χ4n) is 1.39. The SMILES string of the molecule is CCCNC(CCO)C(=O)O.NCCCCC(N)C(=O)O. The summed E-state index contributed by atoms with van der Waals surface area (Å²) in [6.07, 6.45) is 3.34. The maximum absolute atomic E-state index is 10.4. The number of nitrogens with one attached hydrogen (secondary N) is 1. The lowest BCUT2D eigenvalue weighted by Crippen LogP contribution is -2.37. The molecule has 2 unspecified atom stereocenters. The van der Waals surface area contributed by atoms with E-state index in [0.717, 1.165) is 19.3 Å². The van der Waals surface area contributed by atoms with E-state index in [-0.39, 0.29) is 13.0 Å². The molecule has 0 aromatic carbocycles. The minimum absolute atomic E-state index is 0.0896. The number of aliphatic carboxylic acids is 2. The Morgan fingerprint density at radius 3 is 2.14 bits per heavy atom. The van der Waals surface area contributed by atoms with Crippen molar-refractivity contribution >= 4 is 11.9 Å². The lowest BCUT2D eigenvalue weighted by Gasteiger charge is -2.11. The van der Waals surface area contributed by atoms with Crippen molar-refractivity contribution in [1.29, 1.82) is 0 Å². The highest BCUT2D eigenvalue weighted by Gasteiger charge is 2.14. The Bertz CT molecular complexity index is 277. The number of unbranched alkanes of at least 4 members (excludes halogenated alkanes) is 1. The number of hydrogen-bond donors (Lipinski definition) is 6. The van der Waals surface area contributed by atoms with Gasteiger partial charge < -0.3 is 32.1 Å². The summed E-state index contributed by atoms with van der Waals surface area (Å²) in [7, 11) is 0. The normalized spacial score (nSPS) is 13.0. The number of carbonyl (C=O) groups is 2. The number of nitrogens with two attached hydrogens (primary N) is 2. The highest BCUT2D eigenvalue weighted by atomic mass is 16.4. The molecule has 0 aromatic heterocycles. The summed E-state index contributed by atoms with van der Waals surface area (Å²) in [5, 5.41) is 28.2. The Morgan fingerprint density at radius 1 is 1.14 bits per heavy atom. The topological polar surface area (TPSA) is 159 Å². The van der Waals surface area contributed by atoms with Crippen LogP contribution in [0.3, 0.4) is 0 Å². The third kappa shape index (κ3) is 15.0. The van der Waals surface area contributed by atoms with Gasteiger partial charge in [0.2, 0.25) is 0 Å². The molecule has 8 nitrogen and oxygen atoms in total. The van der Waals surface area contributed by atoms with Crippen molar-refractivity contribution in [3.63, 3.8) is 0 Å². The second-order valence-corrected chi connectivity index (χ2v) is 4.59. The molecule has 21 heavy (non-hydrogen) atoms. The van der Waals surface area contributed by atoms with Gasteiger partial charge in [0.05, 0.1) is 0 Å². The highest BCUT2D eigenvalue weighted by Crippen LogP contribution is 1.97. The van der Waals surface area contributed by atoms with Gasteiger partial charge in [-0.1, -0.05) is 13.3 Å². The third-order valence-corrected chi connectivity index (χ3v) is 2.64. The molecule has 0 spiro atoms. The summed E-state index contributed by atoms with van der Waals surface area (Å²) in [5.74, 6) is -1.83. The van der Waals surface area contributed by atoms with Gasteiger partial charge in [-0.2, -0.15) is 0 Å². The van der Waals surface area contributed by atoms with Gasteiger partial charge in [0.25, 0.3) is 0 Å². The average Bonchev–Trinajstić information content (AvgIpc) is 2.43. The number of aliphatic hydroxyl groups is 1. The number of hydrogen-bond acceptors (Lipinski definition) is 6. The highest BCUT2D eigenvalue weighted by molar-refractivity contribution is 5.73. The Balaban J connectivity index is 0. The van der Waals surface area contributed by atoms with Crippen molar-refractivity contribution in [1.82, 2.24) is 5.32 Å². The first-order chi connectivity index (χ1) is 9.90. The van der Waals surface area contributed by atoms with Gasteiger partial charge >= 0.3 is 11.9 Å². The van der Waals surface area contributed by atoms with Crippen LogP contribution in [0, 0.1) is 0 Å². The van der Waals surface area contributed by atoms with Gasteiger partial charge in [-0.25, -0.2) is 0 Å². The zero-order valence-corrected chi connectivity index (χ0v) is 12.6. The van der Waals surface area contributed by atoms with E-state index >= 15 is 0 Å². The minimum atomic E-state index is -0.933. The molecule has 0 fully saturated rings. The van der Waals surface area contributed by atoms with Gasteiger partial charge in [-0.3, -0.25) is 9.59 Å². The summed E-state index contributed by atoms with van der Waals surface area (Å²) in [6, 6.07) is -1.31. The molecule has 8 N–H and O–H groups in total. The van der Waals surface area contributed by atoms with E-state index in [1.165, 1.54) is 0 Å². The van der Waals surface area contributed by atoms with E-state index in [2.05, 4.69) is 5.32 Å². The summed E-state index contributed by atoms with van der Waals surface area (Å²) in [4.78, 5) is 20.6. The molecule has 0 saturated carbocycles. The van der Waals surface area contributed by atoms with Crippen LogP contribution in [0.2, 0.25) is 0 Å². The number of carboxylic acids is 2. The van der Waals surface area contributed by atoms with Crippen LogP contribution in [-0.2, 0) is 9.59 Å². The molecule has 2 atom stereocenters. The van der Waals surface area contributed by atoms with E-state index in [0.29, 0.717) is 19.5 Å². The number of carboxylic acid groups (broad SMARTS) is 2. The van der Waals surface area contributed by atoms with Gasteiger partial charge in [0.1, 0.15) is 12.1 Å². The summed E-state index contributed by atoms with van der Waals surface area (Å²) in [6.45, 7) is 3.15. The summed E-state index contributed by atoms with van der Waals surface area (Å²) >= 11 is 0. The monoisotopic (exact) mass is 307 g/mol. The van der Waals surface area contributed by atoms with Crippen molar-refractivity contribution < 1.29 is 24.9 Å². The van der Waals surface area contributed by atoms with Gasteiger partial charge in [0.15, 0.2) is 0 Å². The molecule has 126 valence electrons. The van der Waals surface area contributed by atoms with E-state index in [1.807, 2.05) is 6.92 Å². The van der Waals surface area contributed by atoms with Crippen LogP contribution < -0.4 is 16.8 Å². The molecule has 0 rings (SSSR count). The fourth-order valence-corrected chi connectivity index (χ4v) is 1.39. The number of aliphatic hydroxyl groups excluding tert-OH is 1. The van der Waals surface area contributed by atoms with Crippen LogP contribution in [0.5, 0.6) is 0 Å². The molecule has 8 heteroatoms. The lowest BCUT2D eigenvalue weighted by molar-refractivity contribution is -0.140. The largest absolute Gasteiger partial charge is 0.480 e. The molecule has 0 bridgehead atoms. The molecule has 0 aromatic rings. The van der Waals surface area contributed by atoms with Crippen molar-refractivity contribution in [2.24, 2.45) is 11.5 Å². The maximum atomic E-state index is 10.4. The first kappa shape index (κ1) is 22.1. The van der Waals surface area contributed by atoms with Gasteiger partial charge in [-0.05, 0) is 38.8 Å². The molecular formula is C13H29N3O5. The van der Waals surface area contributed by atoms with Crippen LogP contribution in [0.15, 0.2) is 0 Å². The van der Waals surface area contributed by atoms with Crippen molar-refractivity contribution in [2.75, 3.05) is 19.7 Å². The maximum Gasteiger partial charge on any atom is 0.320 e. The van der Waals surface area contributed by atoms with Crippen molar-refractivity contribution in [2.45, 2.75) is 51.1 Å². The van der Waals surface area contributed by atoms with E-state index < -0.39 is 24.0 Å². The predicted octanol–water partition coefficient (Wildman–Crippen LogP) is -0.651. The van der Waals surface area contributed by atoms with E-state index in [9.17, 15) is 9.59 Å². The Hall–Kier alpha value is -1.22. The molecule has 0 heterocycles. The Kier molecular flexibility index (Phi) is 15.9. The van der Waals surface area contributed by atoms with Gasteiger partial charge in [-0.15, -0.1) is 0 Å². The van der Waals surface area contributed by atoms with Crippen LogP contribution >= 0.6 is 0 Å². The third-order valence-electron chi connectivity index (χ3n) is 2.64. The molecule has 0 amide bonds. The first-order valence-electron chi connectivity index (χ1n) is 7.16. The molecule has 0 saturated heterocycles. The Labute approximate surface area is 125 Å². The fraction of sp³-hybridized carbons (Fsp3) is 0.846. The molecule has 0 aliphatic carbocycles. The second kappa shape index (κ2) is 15.2. The second-order valence-electron chi connectivity index (χ2n) is 4.59. The van der Waals surface area contributed by atoms with Crippen LogP contribution in [-0.4, -0.2) is 59.0 Å². The smallest absolute Gasteiger partial charge is 0.320 e. The van der Waals surface area contributed by atoms with Crippen molar-refractivity contribution in [3.8, 4) is 0 Å². The standard InChI is InChI=1S/C7H15NO3.C6H14N2O2/c1-2-4-8-6(3-5-9)7(10)11;7-4-2-1-3-5(8)6(9)10/h6,8-9H,2-5H2,1H3,(H,10,11);5H,1-4,7-8H2,(H,9,10). The van der Waals surface area contributed by atoms with E-state index in [1.54, 1.807) is 0 Å². The molecule has 0 radical (unpaired) electrons.